The van der Waals surface area contributed by atoms with Gasteiger partial charge in [0.1, 0.15) is 24.4 Å². The molecule has 4 atom stereocenters. The Morgan fingerprint density at radius 3 is 1.32 bits per heavy atom. The van der Waals surface area contributed by atoms with E-state index in [1.54, 1.807) is 0 Å². The van der Waals surface area contributed by atoms with Crippen molar-refractivity contribution >= 4 is 0 Å². The summed E-state index contributed by atoms with van der Waals surface area (Å²) in [6, 6.07) is 39.2. The van der Waals surface area contributed by atoms with E-state index in [1.165, 1.54) is 0 Å². The zero-order valence-corrected chi connectivity index (χ0v) is 22.5. The zero-order chi connectivity index (χ0) is 27.8. The van der Waals surface area contributed by atoms with Gasteiger partial charge in [-0.05, 0) is 22.3 Å². The first-order chi connectivity index (χ1) is 19.7. The molecule has 0 bridgehead atoms. The number of rotatable bonds is 16. The van der Waals surface area contributed by atoms with Crippen LogP contribution in [0.3, 0.4) is 0 Å². The number of hydrogen-bond donors (Lipinski definition) is 1. The number of aliphatic hydroxyl groups is 1. The molecular formula is C35H36O5. The smallest absolute Gasteiger partial charge is 0.147 e. The normalized spacial score (nSPS) is 14.1. The Morgan fingerprint density at radius 1 is 0.525 bits per heavy atom. The minimum Gasteiger partial charge on any atom is -0.388 e. The van der Waals surface area contributed by atoms with E-state index < -0.39 is 24.4 Å². The quantitative estimate of drug-likeness (QED) is 0.179. The van der Waals surface area contributed by atoms with E-state index in [-0.39, 0.29) is 19.8 Å². The maximum Gasteiger partial charge on any atom is 0.147 e. The highest BCUT2D eigenvalue weighted by atomic mass is 16.6. The van der Waals surface area contributed by atoms with Crippen LogP contribution < -0.4 is 0 Å². The topological polar surface area (TPSA) is 57.2 Å². The van der Waals surface area contributed by atoms with Gasteiger partial charge in [0.05, 0.1) is 33.0 Å². The first-order valence-electron chi connectivity index (χ1n) is 13.5. The van der Waals surface area contributed by atoms with Crippen molar-refractivity contribution in [1.82, 2.24) is 0 Å². The molecule has 0 saturated heterocycles. The Morgan fingerprint density at radius 2 is 0.900 bits per heavy atom. The molecule has 0 heterocycles. The van der Waals surface area contributed by atoms with Gasteiger partial charge in [-0.3, -0.25) is 0 Å². The second-order valence-electron chi connectivity index (χ2n) is 9.47. The minimum atomic E-state index is -1.02. The van der Waals surface area contributed by atoms with Crippen LogP contribution in [0.4, 0.5) is 0 Å². The van der Waals surface area contributed by atoms with E-state index in [1.807, 2.05) is 121 Å². The number of aliphatic hydroxyl groups excluding tert-OH is 1. The van der Waals surface area contributed by atoms with Crippen molar-refractivity contribution in [2.45, 2.75) is 50.8 Å². The van der Waals surface area contributed by atoms with Crippen LogP contribution in [0.5, 0.6) is 0 Å². The van der Waals surface area contributed by atoms with Crippen molar-refractivity contribution in [2.24, 2.45) is 0 Å². The van der Waals surface area contributed by atoms with Gasteiger partial charge in [0, 0.05) is 0 Å². The molecule has 0 aromatic heterocycles. The number of hydrogen-bond acceptors (Lipinski definition) is 5. The molecule has 4 aromatic rings. The Bertz CT molecular complexity index is 1260. The summed E-state index contributed by atoms with van der Waals surface area (Å²) in [7, 11) is 0. The van der Waals surface area contributed by atoms with Crippen LogP contribution in [0.2, 0.25) is 0 Å². The summed E-state index contributed by atoms with van der Waals surface area (Å²) >= 11 is 0. The summed E-state index contributed by atoms with van der Waals surface area (Å²) in [5.74, 6) is 2.75. The lowest BCUT2D eigenvalue weighted by Crippen LogP contribution is -2.49. The third-order valence-corrected chi connectivity index (χ3v) is 6.41. The molecule has 0 unspecified atom stereocenters. The highest BCUT2D eigenvalue weighted by Crippen LogP contribution is 2.21. The van der Waals surface area contributed by atoms with Crippen LogP contribution in [0.15, 0.2) is 121 Å². The summed E-state index contributed by atoms with van der Waals surface area (Å²) < 4.78 is 24.8. The van der Waals surface area contributed by atoms with Crippen LogP contribution in [-0.4, -0.2) is 36.1 Å². The van der Waals surface area contributed by atoms with Crippen LogP contribution >= 0.6 is 0 Å². The van der Waals surface area contributed by atoms with Gasteiger partial charge >= 0.3 is 0 Å². The van der Waals surface area contributed by atoms with Gasteiger partial charge < -0.3 is 24.1 Å². The second kappa shape index (κ2) is 16.4. The monoisotopic (exact) mass is 536 g/mol. The number of terminal acetylenes is 1. The maximum absolute atomic E-state index is 11.4. The predicted octanol–water partition coefficient (Wildman–Crippen LogP) is 5.95. The lowest BCUT2D eigenvalue weighted by Gasteiger charge is -2.34. The van der Waals surface area contributed by atoms with E-state index in [9.17, 15) is 5.11 Å². The summed E-state index contributed by atoms with van der Waals surface area (Å²) in [4.78, 5) is 0. The Balaban J connectivity index is 1.53. The summed E-state index contributed by atoms with van der Waals surface area (Å²) in [5.41, 5.74) is 3.94. The highest BCUT2D eigenvalue weighted by molar-refractivity contribution is 5.17. The third kappa shape index (κ3) is 9.46. The average Bonchev–Trinajstić information content (AvgIpc) is 3.01. The molecule has 1 N–H and O–H groups in total. The summed E-state index contributed by atoms with van der Waals surface area (Å²) in [5, 5.41) is 11.4. The zero-order valence-electron chi connectivity index (χ0n) is 22.5. The lowest BCUT2D eigenvalue weighted by molar-refractivity contribution is -0.176. The van der Waals surface area contributed by atoms with E-state index >= 15 is 0 Å². The van der Waals surface area contributed by atoms with Crippen molar-refractivity contribution in [1.29, 1.82) is 0 Å². The van der Waals surface area contributed by atoms with Gasteiger partial charge in [-0.25, -0.2) is 0 Å². The van der Waals surface area contributed by atoms with Gasteiger partial charge in [-0.15, -0.1) is 6.42 Å². The van der Waals surface area contributed by atoms with Crippen molar-refractivity contribution < 1.29 is 24.1 Å². The highest BCUT2D eigenvalue weighted by Gasteiger charge is 2.36. The van der Waals surface area contributed by atoms with Gasteiger partial charge in [0.25, 0.3) is 0 Å². The molecule has 0 aliphatic carbocycles. The second-order valence-corrected chi connectivity index (χ2v) is 9.47. The molecular weight excluding hydrogens is 500 g/mol. The van der Waals surface area contributed by atoms with Gasteiger partial charge in [0.15, 0.2) is 0 Å². The van der Waals surface area contributed by atoms with Crippen molar-refractivity contribution in [3.8, 4) is 12.3 Å². The maximum atomic E-state index is 11.4. The fraction of sp³-hybridized carbons (Fsp3) is 0.257. The molecule has 4 rings (SSSR count). The van der Waals surface area contributed by atoms with Gasteiger partial charge in [-0.1, -0.05) is 127 Å². The molecule has 5 nitrogen and oxygen atoms in total. The first-order valence-corrected chi connectivity index (χ1v) is 13.5. The minimum absolute atomic E-state index is 0.0372. The fourth-order valence-electron chi connectivity index (χ4n) is 4.28. The molecule has 5 heteroatoms. The molecule has 40 heavy (non-hydrogen) atoms. The van der Waals surface area contributed by atoms with E-state index in [0.29, 0.717) is 13.2 Å². The Kier molecular flexibility index (Phi) is 12.0. The van der Waals surface area contributed by atoms with Gasteiger partial charge in [0.2, 0.25) is 0 Å². The first kappa shape index (κ1) is 29.2. The number of benzene rings is 4. The van der Waals surface area contributed by atoms with Crippen LogP contribution in [-0.2, 0) is 45.4 Å². The molecule has 0 radical (unpaired) electrons. The van der Waals surface area contributed by atoms with Crippen molar-refractivity contribution in [3.63, 3.8) is 0 Å². The molecule has 0 spiro atoms. The molecule has 0 saturated carbocycles. The lowest BCUT2D eigenvalue weighted by atomic mass is 10.0. The fourth-order valence-corrected chi connectivity index (χ4v) is 4.28. The third-order valence-electron chi connectivity index (χ3n) is 6.41. The average molecular weight is 537 g/mol. The Hall–Kier alpha value is -3.76. The molecule has 0 fully saturated rings. The van der Waals surface area contributed by atoms with Crippen LogP contribution in [0.25, 0.3) is 0 Å². The number of ether oxygens (including phenoxy) is 4. The molecule has 0 aliphatic rings. The van der Waals surface area contributed by atoms with E-state index in [4.69, 9.17) is 25.4 Å². The van der Waals surface area contributed by atoms with E-state index in [0.717, 1.165) is 22.3 Å². The standard InChI is InChI=1S/C35H36O5/c1-2-33(38-24-29-17-9-4-10-18-29)35(40-26-31-21-13-6-14-22-31)34(39-25-30-19-11-5-12-20-30)32(36)27-37-23-28-15-7-3-8-16-28/h1,3-22,32-36H,23-27H2/t32-,33-,34-,35-/m1/s1. The largest absolute Gasteiger partial charge is 0.388 e. The summed E-state index contributed by atoms with van der Waals surface area (Å²) in [6.07, 6.45) is 2.60. The SMILES string of the molecule is C#C[C@@H](OCc1ccccc1)[C@@H](OCc1ccccc1)[C@H](OCc1ccccc1)[C@H](O)COCc1ccccc1. The van der Waals surface area contributed by atoms with Gasteiger partial charge in [-0.2, -0.15) is 0 Å². The molecule has 0 amide bonds. The van der Waals surface area contributed by atoms with Crippen molar-refractivity contribution in [3.05, 3.63) is 144 Å². The van der Waals surface area contributed by atoms with Crippen LogP contribution in [0, 0.1) is 12.3 Å². The van der Waals surface area contributed by atoms with E-state index in [2.05, 4.69) is 5.92 Å². The molecule has 206 valence electrons. The molecule has 0 aliphatic heterocycles. The molecule has 4 aromatic carbocycles. The Labute approximate surface area is 237 Å². The predicted molar refractivity (Wildman–Crippen MR) is 156 cm³/mol. The van der Waals surface area contributed by atoms with Crippen molar-refractivity contribution in [2.75, 3.05) is 6.61 Å². The summed E-state index contributed by atoms with van der Waals surface area (Å²) in [6.45, 7) is 1.24. The van der Waals surface area contributed by atoms with Crippen LogP contribution in [0.1, 0.15) is 22.3 Å².